The number of hydrogen-bond donors (Lipinski definition) is 2. The summed E-state index contributed by atoms with van der Waals surface area (Å²) in [6.45, 7) is 6.15. The quantitative estimate of drug-likeness (QED) is 0.0960. The Labute approximate surface area is 276 Å². The molecule has 0 spiro atoms. The number of aryl methyl sites for hydroxylation is 3. The van der Waals surface area contributed by atoms with Crippen LogP contribution in [0.3, 0.4) is 0 Å². The lowest BCUT2D eigenvalue weighted by molar-refractivity contribution is -0.671. The molecule has 1 aliphatic heterocycles. The van der Waals surface area contributed by atoms with Gasteiger partial charge >= 0.3 is 0 Å². The lowest BCUT2D eigenvalue weighted by atomic mass is 10.2. The van der Waals surface area contributed by atoms with Crippen LogP contribution in [0.4, 0.5) is 0 Å². The lowest BCUT2D eigenvalue weighted by Crippen LogP contribution is -2.34. The topological polar surface area (TPSA) is 179 Å². The monoisotopic (exact) mass is 681 g/mol. The Hall–Kier alpha value is -4.63. The summed E-state index contributed by atoms with van der Waals surface area (Å²) < 4.78 is 68.5. The van der Waals surface area contributed by atoms with Gasteiger partial charge in [0.2, 0.25) is 5.96 Å². The molecule has 250 valence electrons. The van der Waals surface area contributed by atoms with Crippen molar-refractivity contribution in [1.29, 1.82) is 0 Å². The van der Waals surface area contributed by atoms with Crippen molar-refractivity contribution >= 4 is 32.4 Å². The highest BCUT2D eigenvalue weighted by Gasteiger charge is 2.13. The first kappa shape index (κ1) is 36.8. The van der Waals surface area contributed by atoms with E-state index in [2.05, 4.69) is 15.1 Å². The minimum absolute atomic E-state index is 0.0666. The van der Waals surface area contributed by atoms with Crippen molar-refractivity contribution in [3.63, 3.8) is 0 Å². The van der Waals surface area contributed by atoms with E-state index in [9.17, 15) is 21.4 Å². The van der Waals surface area contributed by atoms with Gasteiger partial charge in [0.05, 0.1) is 16.0 Å². The summed E-state index contributed by atoms with van der Waals surface area (Å²) in [6, 6.07) is 23.6. The number of nitrogens with zero attached hydrogens (tertiary/aromatic N) is 4. The molecule has 47 heavy (non-hydrogen) atoms. The van der Waals surface area contributed by atoms with Crippen LogP contribution in [0, 0.1) is 13.8 Å². The molecule has 0 saturated carbocycles. The van der Waals surface area contributed by atoms with Gasteiger partial charge in [-0.25, -0.2) is 13.0 Å². The molecule has 1 aromatic heterocycles. The summed E-state index contributed by atoms with van der Waals surface area (Å²) in [5.74, 6) is 1.32. The van der Waals surface area contributed by atoms with Gasteiger partial charge in [-0.1, -0.05) is 35.4 Å². The SMILES string of the molecule is C[n+]1ccc(COc2ccc(/C=N/N=C(N)N3CCCC3)cc2)cc1.Cc1ccc(S(=O)(=O)O)cc1.Cc1ccc(S(=O)(=O)[O-])cc1. The van der Waals surface area contributed by atoms with Crippen LogP contribution in [-0.4, -0.2) is 56.1 Å². The zero-order valence-electron chi connectivity index (χ0n) is 26.4. The maximum Gasteiger partial charge on any atom is 0.294 e. The van der Waals surface area contributed by atoms with E-state index in [0.717, 1.165) is 41.1 Å². The van der Waals surface area contributed by atoms with Crippen molar-refractivity contribution in [2.45, 2.75) is 43.1 Å². The summed E-state index contributed by atoms with van der Waals surface area (Å²) in [5.41, 5.74) is 9.89. The van der Waals surface area contributed by atoms with E-state index in [-0.39, 0.29) is 9.79 Å². The molecular formula is C33H39N5O7S2. The lowest BCUT2D eigenvalue weighted by Gasteiger charge is -2.13. The third kappa shape index (κ3) is 13.3. The van der Waals surface area contributed by atoms with Gasteiger partial charge in [-0.2, -0.15) is 13.5 Å². The molecule has 1 saturated heterocycles. The summed E-state index contributed by atoms with van der Waals surface area (Å²) in [5, 5.41) is 8.13. The maximum absolute atomic E-state index is 10.5. The first-order chi connectivity index (χ1) is 22.2. The van der Waals surface area contributed by atoms with E-state index >= 15 is 0 Å². The fourth-order valence-electron chi connectivity index (χ4n) is 4.02. The number of aromatic nitrogens is 1. The van der Waals surface area contributed by atoms with Crippen LogP contribution in [0.5, 0.6) is 5.75 Å². The predicted octanol–water partition coefficient (Wildman–Crippen LogP) is 3.98. The summed E-state index contributed by atoms with van der Waals surface area (Å²) >= 11 is 0. The highest BCUT2D eigenvalue weighted by molar-refractivity contribution is 7.86. The van der Waals surface area contributed by atoms with Crippen LogP contribution in [0.2, 0.25) is 0 Å². The highest BCUT2D eigenvalue weighted by atomic mass is 32.2. The number of guanidine groups is 1. The molecule has 1 aliphatic rings. The number of benzene rings is 3. The average molecular weight is 682 g/mol. The van der Waals surface area contributed by atoms with E-state index in [1.807, 2.05) is 74.3 Å². The number of pyridine rings is 1. The van der Waals surface area contributed by atoms with Gasteiger partial charge in [-0.3, -0.25) is 4.55 Å². The van der Waals surface area contributed by atoms with Gasteiger partial charge in [0.25, 0.3) is 10.1 Å². The first-order valence-corrected chi connectivity index (χ1v) is 17.4. The normalized spacial score (nSPS) is 13.4. The molecular weight excluding hydrogens is 643 g/mol. The van der Waals surface area contributed by atoms with E-state index in [4.69, 9.17) is 15.0 Å². The molecule has 3 aromatic carbocycles. The predicted molar refractivity (Wildman–Crippen MR) is 179 cm³/mol. The Bertz CT molecular complexity index is 1770. The van der Waals surface area contributed by atoms with Gasteiger partial charge in [-0.05, 0) is 80.8 Å². The molecule has 12 nitrogen and oxygen atoms in total. The van der Waals surface area contributed by atoms with Crippen molar-refractivity contribution in [1.82, 2.24) is 4.90 Å². The Balaban J connectivity index is 0.000000225. The molecule has 4 aromatic rings. The Morgan fingerprint density at radius 1 is 0.872 bits per heavy atom. The zero-order valence-corrected chi connectivity index (χ0v) is 28.1. The second-order valence-electron chi connectivity index (χ2n) is 10.7. The van der Waals surface area contributed by atoms with Crippen molar-refractivity contribution in [3.05, 3.63) is 120 Å². The van der Waals surface area contributed by atoms with Gasteiger partial charge < -0.3 is 19.9 Å². The van der Waals surface area contributed by atoms with E-state index in [1.165, 1.54) is 37.1 Å². The van der Waals surface area contributed by atoms with Crippen molar-refractivity contribution in [2.24, 2.45) is 23.0 Å². The van der Waals surface area contributed by atoms with Crippen LogP contribution >= 0.6 is 0 Å². The third-order valence-corrected chi connectivity index (χ3v) is 8.48. The summed E-state index contributed by atoms with van der Waals surface area (Å²) in [7, 11) is -6.30. The average Bonchev–Trinajstić information content (AvgIpc) is 3.57. The van der Waals surface area contributed by atoms with Crippen LogP contribution in [0.15, 0.2) is 117 Å². The van der Waals surface area contributed by atoms with Crippen LogP contribution in [0.25, 0.3) is 0 Å². The second kappa shape index (κ2) is 17.3. The fourth-order valence-corrected chi connectivity index (χ4v) is 4.97. The fraction of sp³-hybridized carbons (Fsp3) is 0.242. The molecule has 0 amide bonds. The number of ether oxygens (including phenoxy) is 1. The van der Waals surface area contributed by atoms with Crippen LogP contribution in [0.1, 0.15) is 35.1 Å². The number of likely N-dealkylation sites (tertiary alicyclic amines) is 1. The third-order valence-electron chi connectivity index (χ3n) is 6.76. The molecule has 5 rings (SSSR count). The molecule has 0 bridgehead atoms. The van der Waals surface area contributed by atoms with E-state index in [1.54, 1.807) is 30.5 Å². The van der Waals surface area contributed by atoms with Gasteiger partial charge in [-0.15, -0.1) is 5.10 Å². The smallest absolute Gasteiger partial charge is 0.294 e. The standard InChI is InChI=1S/C19H24N5O.2C7H8O3S/c1-23-12-8-17(9-13-23)15-25-18-6-4-16(5-7-18)14-21-22-19(20)24-10-2-3-11-24;2*1-6-2-4-7(5-3-6)11(8,9)10/h4-9,12-14H,2-3,10-11,15H2,1H3,(H2,20,22);2*2-5H,1H3,(H,8,9,10)/q+1;;/p-1/b21-14+;;. The van der Waals surface area contributed by atoms with Gasteiger partial charge in [0.1, 0.15) is 29.5 Å². The van der Waals surface area contributed by atoms with Crippen molar-refractivity contribution in [2.75, 3.05) is 13.1 Å². The molecule has 0 atom stereocenters. The molecule has 0 unspecified atom stereocenters. The summed E-state index contributed by atoms with van der Waals surface area (Å²) in [6.07, 6.45) is 8.05. The summed E-state index contributed by atoms with van der Waals surface area (Å²) in [4.78, 5) is 1.81. The zero-order chi connectivity index (χ0) is 34.5. The molecule has 14 heteroatoms. The largest absolute Gasteiger partial charge is 0.744 e. The minimum atomic E-state index is -4.27. The van der Waals surface area contributed by atoms with Gasteiger partial charge in [0.15, 0.2) is 12.4 Å². The maximum atomic E-state index is 10.5. The molecule has 3 N–H and O–H groups in total. The molecule has 0 radical (unpaired) electrons. The second-order valence-corrected chi connectivity index (χ2v) is 13.5. The van der Waals surface area contributed by atoms with Crippen molar-refractivity contribution in [3.8, 4) is 5.75 Å². The number of rotatable bonds is 7. The van der Waals surface area contributed by atoms with Crippen LogP contribution in [-0.2, 0) is 33.9 Å². The Kier molecular flexibility index (Phi) is 13.6. The molecule has 2 heterocycles. The van der Waals surface area contributed by atoms with E-state index < -0.39 is 20.2 Å². The Morgan fingerprint density at radius 2 is 1.38 bits per heavy atom. The number of nitrogens with two attached hydrogens (primary N) is 1. The van der Waals surface area contributed by atoms with Crippen LogP contribution < -0.4 is 15.0 Å². The van der Waals surface area contributed by atoms with Gasteiger partial charge in [0, 0.05) is 30.8 Å². The highest BCUT2D eigenvalue weighted by Crippen LogP contribution is 2.14. The Morgan fingerprint density at radius 3 is 1.87 bits per heavy atom. The minimum Gasteiger partial charge on any atom is -0.744 e. The van der Waals surface area contributed by atoms with E-state index in [0.29, 0.717) is 12.6 Å². The molecule has 0 aliphatic carbocycles. The van der Waals surface area contributed by atoms with Crippen molar-refractivity contribution < 1.29 is 35.2 Å². The molecule has 1 fully saturated rings. The number of hydrogen-bond acceptors (Lipinski definition) is 8. The first-order valence-electron chi connectivity index (χ1n) is 14.6.